The monoisotopic (exact) mass is 332 g/mol. The predicted octanol–water partition coefficient (Wildman–Crippen LogP) is 2.88. The molecule has 8 heteroatoms. The van der Waals surface area contributed by atoms with Crippen LogP contribution in [0.15, 0.2) is 23.3 Å². The van der Waals surface area contributed by atoms with Gasteiger partial charge in [0, 0.05) is 25.4 Å². The lowest BCUT2D eigenvalue weighted by Crippen LogP contribution is -2.38. The van der Waals surface area contributed by atoms with Crippen molar-refractivity contribution in [3.8, 4) is 5.88 Å². The molecule has 0 aliphatic heterocycles. The van der Waals surface area contributed by atoms with Crippen molar-refractivity contribution in [3.05, 3.63) is 23.9 Å². The van der Waals surface area contributed by atoms with Crippen LogP contribution < -0.4 is 15.4 Å². The Morgan fingerprint density at radius 3 is 2.61 bits per heavy atom. The van der Waals surface area contributed by atoms with E-state index in [9.17, 15) is 13.2 Å². The van der Waals surface area contributed by atoms with Gasteiger partial charge in [-0.05, 0) is 18.9 Å². The molecule has 2 N–H and O–H groups in total. The summed E-state index contributed by atoms with van der Waals surface area (Å²) in [5, 5.41) is 5.57. The third-order valence-corrected chi connectivity index (χ3v) is 2.72. The van der Waals surface area contributed by atoms with Crippen LogP contribution in [0.4, 0.5) is 13.2 Å². The fraction of sp³-hybridized carbons (Fsp3) is 0.600. The first-order valence-corrected chi connectivity index (χ1v) is 7.61. The Bertz CT molecular complexity index is 475. The number of alkyl halides is 3. The third kappa shape index (κ3) is 8.90. The Balaban J connectivity index is 2.52. The minimum atomic E-state index is -4.18. The number of rotatable bonds is 8. The van der Waals surface area contributed by atoms with Crippen molar-refractivity contribution >= 4 is 5.96 Å². The van der Waals surface area contributed by atoms with E-state index < -0.39 is 12.6 Å². The van der Waals surface area contributed by atoms with Crippen molar-refractivity contribution < 1.29 is 17.9 Å². The second-order valence-corrected chi connectivity index (χ2v) is 4.84. The molecular weight excluding hydrogens is 309 g/mol. The van der Waals surface area contributed by atoms with E-state index in [0.29, 0.717) is 31.5 Å². The predicted molar refractivity (Wildman–Crippen MR) is 83.5 cm³/mol. The van der Waals surface area contributed by atoms with Crippen LogP contribution in [0.5, 0.6) is 5.88 Å². The zero-order valence-corrected chi connectivity index (χ0v) is 13.4. The molecule has 1 heterocycles. The maximum atomic E-state index is 12.1. The molecule has 0 aliphatic carbocycles. The number of guanidine groups is 1. The van der Waals surface area contributed by atoms with Crippen LogP contribution in [0.2, 0.25) is 0 Å². The molecule has 1 aromatic heterocycles. The quantitative estimate of drug-likeness (QED) is 0.568. The van der Waals surface area contributed by atoms with Crippen molar-refractivity contribution in [3.63, 3.8) is 0 Å². The molecule has 0 aliphatic rings. The molecule has 130 valence electrons. The van der Waals surface area contributed by atoms with E-state index in [2.05, 4.69) is 20.6 Å². The van der Waals surface area contributed by atoms with Gasteiger partial charge in [0.1, 0.15) is 0 Å². The molecule has 0 unspecified atom stereocenters. The van der Waals surface area contributed by atoms with Crippen molar-refractivity contribution in [2.24, 2.45) is 4.99 Å². The molecule has 0 atom stereocenters. The highest BCUT2D eigenvalue weighted by Crippen LogP contribution is 2.18. The molecular formula is C15H23F3N4O. The van der Waals surface area contributed by atoms with Gasteiger partial charge in [-0.25, -0.2) is 9.98 Å². The van der Waals surface area contributed by atoms with Gasteiger partial charge in [-0.15, -0.1) is 0 Å². The molecule has 0 saturated carbocycles. The van der Waals surface area contributed by atoms with E-state index in [0.717, 1.165) is 12.0 Å². The Hall–Kier alpha value is -1.99. The summed E-state index contributed by atoms with van der Waals surface area (Å²) < 4.78 is 41.8. The van der Waals surface area contributed by atoms with Crippen molar-refractivity contribution in [2.45, 2.75) is 39.4 Å². The molecule has 0 aromatic carbocycles. The van der Waals surface area contributed by atoms with Gasteiger partial charge in [0.15, 0.2) is 5.96 Å². The number of nitrogens with zero attached hydrogens (tertiary/aromatic N) is 2. The van der Waals surface area contributed by atoms with Crippen LogP contribution in [0.25, 0.3) is 0 Å². The van der Waals surface area contributed by atoms with Crippen LogP contribution in [0.3, 0.4) is 0 Å². The Kier molecular flexibility index (Phi) is 8.21. The van der Waals surface area contributed by atoms with Crippen molar-refractivity contribution in [1.82, 2.24) is 15.6 Å². The minimum Gasteiger partial charge on any atom is -0.478 e. The van der Waals surface area contributed by atoms with Gasteiger partial charge in [-0.2, -0.15) is 13.2 Å². The molecule has 1 aromatic rings. The zero-order valence-electron chi connectivity index (χ0n) is 13.4. The number of nitrogens with one attached hydrogen (secondary N) is 2. The highest BCUT2D eigenvalue weighted by Gasteiger charge is 2.26. The van der Waals surface area contributed by atoms with E-state index in [-0.39, 0.29) is 6.54 Å². The van der Waals surface area contributed by atoms with E-state index in [1.54, 1.807) is 12.3 Å². The molecule has 0 saturated heterocycles. The third-order valence-electron chi connectivity index (χ3n) is 2.72. The second kappa shape index (κ2) is 9.91. The minimum absolute atomic E-state index is 0.211. The Morgan fingerprint density at radius 2 is 2.04 bits per heavy atom. The molecule has 0 amide bonds. The highest BCUT2D eigenvalue weighted by atomic mass is 19.4. The second-order valence-electron chi connectivity index (χ2n) is 4.84. The van der Waals surface area contributed by atoms with Crippen LogP contribution in [0.1, 0.15) is 32.3 Å². The largest absolute Gasteiger partial charge is 0.478 e. The normalized spacial score (nSPS) is 12.1. The SMILES string of the molecule is CCCOc1ccc(CN=C(NCC)NCCC(F)(F)F)cn1. The number of hydrogen-bond acceptors (Lipinski definition) is 3. The summed E-state index contributed by atoms with van der Waals surface area (Å²) >= 11 is 0. The number of ether oxygens (including phenoxy) is 1. The fourth-order valence-corrected chi connectivity index (χ4v) is 1.63. The summed E-state index contributed by atoms with van der Waals surface area (Å²) in [6, 6.07) is 3.59. The smallest absolute Gasteiger partial charge is 0.390 e. The number of aromatic nitrogens is 1. The first-order chi connectivity index (χ1) is 10.9. The van der Waals surface area contributed by atoms with E-state index >= 15 is 0 Å². The standard InChI is InChI=1S/C15H23F3N4O/c1-3-9-23-13-6-5-12(10-21-13)11-22-14(19-4-2)20-8-7-15(16,17)18/h5-6,10H,3-4,7-9,11H2,1-2H3,(H2,19,20,22). The molecule has 0 radical (unpaired) electrons. The van der Waals surface area contributed by atoms with Gasteiger partial charge in [0.25, 0.3) is 0 Å². The summed E-state index contributed by atoms with van der Waals surface area (Å²) in [5.41, 5.74) is 0.849. The van der Waals surface area contributed by atoms with E-state index in [4.69, 9.17) is 4.74 Å². The highest BCUT2D eigenvalue weighted by molar-refractivity contribution is 5.79. The average Bonchev–Trinajstić information content (AvgIpc) is 2.50. The first kappa shape index (κ1) is 19.1. The molecule has 0 bridgehead atoms. The van der Waals surface area contributed by atoms with Crippen LogP contribution in [-0.4, -0.2) is 36.8 Å². The zero-order chi connectivity index (χ0) is 17.1. The molecule has 23 heavy (non-hydrogen) atoms. The van der Waals surface area contributed by atoms with Gasteiger partial charge in [0.2, 0.25) is 5.88 Å². The summed E-state index contributed by atoms with van der Waals surface area (Å²) in [5.74, 6) is 0.901. The lowest BCUT2D eigenvalue weighted by atomic mass is 10.3. The number of hydrogen-bond donors (Lipinski definition) is 2. The van der Waals surface area contributed by atoms with Gasteiger partial charge >= 0.3 is 6.18 Å². The molecule has 5 nitrogen and oxygen atoms in total. The Morgan fingerprint density at radius 1 is 1.26 bits per heavy atom. The summed E-state index contributed by atoms with van der Waals surface area (Å²) in [7, 11) is 0. The van der Waals surface area contributed by atoms with Gasteiger partial charge in [-0.3, -0.25) is 0 Å². The van der Waals surface area contributed by atoms with Gasteiger partial charge in [0.05, 0.1) is 19.6 Å². The van der Waals surface area contributed by atoms with E-state index in [1.807, 2.05) is 19.9 Å². The van der Waals surface area contributed by atoms with Gasteiger partial charge in [-0.1, -0.05) is 13.0 Å². The molecule has 0 spiro atoms. The van der Waals surface area contributed by atoms with Crippen LogP contribution in [-0.2, 0) is 6.54 Å². The molecule has 1 rings (SSSR count). The molecule has 0 fully saturated rings. The summed E-state index contributed by atoms with van der Waals surface area (Å²) in [6.45, 7) is 5.15. The first-order valence-electron chi connectivity index (χ1n) is 7.61. The Labute approximate surface area is 134 Å². The maximum Gasteiger partial charge on any atom is 0.390 e. The number of aliphatic imine (C=N–C) groups is 1. The lowest BCUT2D eigenvalue weighted by Gasteiger charge is -2.12. The number of pyridine rings is 1. The van der Waals surface area contributed by atoms with Gasteiger partial charge < -0.3 is 15.4 Å². The van der Waals surface area contributed by atoms with E-state index in [1.165, 1.54) is 0 Å². The van der Waals surface area contributed by atoms with Crippen LogP contribution in [0, 0.1) is 0 Å². The summed E-state index contributed by atoms with van der Waals surface area (Å²) in [4.78, 5) is 8.39. The lowest BCUT2D eigenvalue weighted by molar-refractivity contribution is -0.132. The number of halogens is 3. The van der Waals surface area contributed by atoms with Crippen molar-refractivity contribution in [1.29, 1.82) is 0 Å². The average molecular weight is 332 g/mol. The maximum absolute atomic E-state index is 12.1. The van der Waals surface area contributed by atoms with Crippen molar-refractivity contribution in [2.75, 3.05) is 19.7 Å². The van der Waals surface area contributed by atoms with Crippen LogP contribution >= 0.6 is 0 Å². The topological polar surface area (TPSA) is 58.5 Å². The fourth-order valence-electron chi connectivity index (χ4n) is 1.63. The summed E-state index contributed by atoms with van der Waals surface area (Å²) in [6.07, 6.45) is -2.53.